The Balaban J connectivity index is 1.29. The molecule has 1 aliphatic rings. The summed E-state index contributed by atoms with van der Waals surface area (Å²) in [5, 5.41) is 15.0. The molecule has 1 aliphatic heterocycles. The van der Waals surface area contributed by atoms with Crippen LogP contribution in [0, 0.1) is 0 Å². The summed E-state index contributed by atoms with van der Waals surface area (Å²) in [5.41, 5.74) is 2.18. The first-order valence-electron chi connectivity index (χ1n) is 10.1. The highest BCUT2D eigenvalue weighted by molar-refractivity contribution is 6.21. The van der Waals surface area contributed by atoms with E-state index in [-0.39, 0.29) is 31.3 Å². The van der Waals surface area contributed by atoms with Crippen molar-refractivity contribution < 1.29 is 19.5 Å². The van der Waals surface area contributed by atoms with Crippen LogP contribution in [0.25, 0.3) is 11.0 Å². The number of urea groups is 1. The quantitative estimate of drug-likeness (QED) is 0.477. The summed E-state index contributed by atoms with van der Waals surface area (Å²) < 4.78 is 1.87. The number of rotatable bonds is 8. The third-order valence-electron chi connectivity index (χ3n) is 5.23. The number of hydrogen-bond acceptors (Lipinski definition) is 5. The van der Waals surface area contributed by atoms with Gasteiger partial charge in [-0.15, -0.1) is 0 Å². The van der Waals surface area contributed by atoms with E-state index in [0.29, 0.717) is 24.6 Å². The predicted molar refractivity (Wildman–Crippen MR) is 114 cm³/mol. The van der Waals surface area contributed by atoms with Crippen molar-refractivity contribution in [1.29, 1.82) is 0 Å². The Morgan fingerprint density at radius 2 is 1.84 bits per heavy atom. The van der Waals surface area contributed by atoms with Crippen LogP contribution in [0.15, 0.2) is 54.6 Å². The third-order valence-corrected chi connectivity index (χ3v) is 5.23. The number of imide groups is 1. The highest BCUT2D eigenvalue weighted by atomic mass is 16.3. The molecule has 1 aromatic heterocycles. The molecule has 3 N–H and O–H groups in total. The van der Waals surface area contributed by atoms with Gasteiger partial charge in [0.1, 0.15) is 18.5 Å². The molecule has 0 aliphatic carbocycles. The minimum Gasteiger partial charge on any atom is -0.388 e. The fraction of sp³-hybridized carbons (Fsp3) is 0.273. The minimum absolute atomic E-state index is 0.108. The number of carbonyl (C=O) groups is 3. The Hall–Kier alpha value is -3.72. The Bertz CT molecular complexity index is 1110. The largest absolute Gasteiger partial charge is 0.388 e. The van der Waals surface area contributed by atoms with E-state index in [9.17, 15) is 19.5 Å². The number of aliphatic hydroxyl groups is 1. The third kappa shape index (κ3) is 4.26. The van der Waals surface area contributed by atoms with E-state index in [4.69, 9.17) is 0 Å². The summed E-state index contributed by atoms with van der Waals surface area (Å²) in [6.45, 7) is 0.625. The van der Waals surface area contributed by atoms with E-state index < -0.39 is 12.1 Å². The molecular weight excluding hydrogens is 398 g/mol. The zero-order valence-corrected chi connectivity index (χ0v) is 16.8. The lowest BCUT2D eigenvalue weighted by atomic mass is 10.1. The van der Waals surface area contributed by atoms with Crippen LogP contribution in [0.5, 0.6) is 0 Å². The van der Waals surface area contributed by atoms with Crippen molar-refractivity contribution in [1.82, 2.24) is 20.2 Å². The topological polar surface area (TPSA) is 117 Å². The maximum absolute atomic E-state index is 12.6. The highest BCUT2D eigenvalue weighted by Gasteiger charge is 2.38. The smallest absolute Gasteiger partial charge is 0.329 e. The van der Waals surface area contributed by atoms with Crippen LogP contribution in [-0.4, -0.2) is 45.1 Å². The van der Waals surface area contributed by atoms with E-state index >= 15 is 0 Å². The first-order chi connectivity index (χ1) is 15.1. The first kappa shape index (κ1) is 20.5. The molecule has 1 saturated heterocycles. The summed E-state index contributed by atoms with van der Waals surface area (Å²) in [6, 6.07) is 15.0. The van der Waals surface area contributed by atoms with Gasteiger partial charge in [-0.2, -0.15) is 0 Å². The SMILES string of the molecule is O=C(CC[C@@H]1NC(=O)N(c2ccccc2)C1=O)NCCn1c(CO)nc2ccccc21. The van der Waals surface area contributed by atoms with Crippen LogP contribution in [0.4, 0.5) is 10.5 Å². The molecular formula is C22H23N5O4. The molecule has 0 saturated carbocycles. The number of carbonyl (C=O) groups excluding carboxylic acids is 3. The van der Waals surface area contributed by atoms with E-state index in [1.165, 1.54) is 0 Å². The average Bonchev–Trinajstić information content (AvgIpc) is 3.29. The van der Waals surface area contributed by atoms with Crippen LogP contribution >= 0.6 is 0 Å². The summed E-state index contributed by atoms with van der Waals surface area (Å²) in [6.07, 6.45) is 0.326. The molecule has 3 aromatic rings. The van der Waals surface area contributed by atoms with Crippen molar-refractivity contribution in [2.24, 2.45) is 0 Å². The number of benzene rings is 2. The van der Waals surface area contributed by atoms with Crippen molar-refractivity contribution in [2.75, 3.05) is 11.4 Å². The molecule has 1 atom stereocenters. The monoisotopic (exact) mass is 421 g/mol. The fourth-order valence-corrected chi connectivity index (χ4v) is 3.72. The van der Waals surface area contributed by atoms with Crippen molar-refractivity contribution in [3.8, 4) is 0 Å². The van der Waals surface area contributed by atoms with Gasteiger partial charge < -0.3 is 20.3 Å². The lowest BCUT2D eigenvalue weighted by Gasteiger charge is -2.13. The zero-order valence-electron chi connectivity index (χ0n) is 16.8. The number of anilines is 1. The van der Waals surface area contributed by atoms with Gasteiger partial charge in [0.2, 0.25) is 5.91 Å². The molecule has 0 spiro atoms. The first-order valence-corrected chi connectivity index (χ1v) is 10.1. The second-order valence-electron chi connectivity index (χ2n) is 7.23. The van der Waals surface area contributed by atoms with E-state index in [2.05, 4.69) is 15.6 Å². The van der Waals surface area contributed by atoms with Crippen molar-refractivity contribution in [3.63, 3.8) is 0 Å². The maximum atomic E-state index is 12.6. The molecule has 4 rings (SSSR count). The predicted octanol–water partition coefficient (Wildman–Crippen LogP) is 1.55. The number of imidazole rings is 1. The van der Waals surface area contributed by atoms with Crippen molar-refractivity contribution in [2.45, 2.75) is 32.0 Å². The molecule has 0 radical (unpaired) electrons. The lowest BCUT2D eigenvalue weighted by Crippen LogP contribution is -2.33. The number of para-hydroxylation sites is 3. The molecule has 9 heteroatoms. The number of nitrogens with one attached hydrogen (secondary N) is 2. The van der Waals surface area contributed by atoms with Gasteiger partial charge in [-0.1, -0.05) is 30.3 Å². The van der Waals surface area contributed by atoms with E-state index in [1.807, 2.05) is 28.8 Å². The van der Waals surface area contributed by atoms with Gasteiger partial charge in [-0.05, 0) is 30.7 Å². The molecule has 0 bridgehead atoms. The van der Waals surface area contributed by atoms with E-state index in [0.717, 1.165) is 15.9 Å². The minimum atomic E-state index is -0.725. The second-order valence-corrected chi connectivity index (χ2v) is 7.23. The molecule has 4 amide bonds. The number of fused-ring (bicyclic) bond motifs is 1. The Labute approximate surface area is 178 Å². The zero-order chi connectivity index (χ0) is 21.8. The number of aromatic nitrogens is 2. The highest BCUT2D eigenvalue weighted by Crippen LogP contribution is 2.20. The van der Waals surface area contributed by atoms with Gasteiger partial charge in [0.25, 0.3) is 5.91 Å². The molecule has 0 unspecified atom stereocenters. The van der Waals surface area contributed by atoms with Gasteiger partial charge in [-0.3, -0.25) is 9.59 Å². The summed E-state index contributed by atoms with van der Waals surface area (Å²) in [4.78, 5) is 42.5. The van der Waals surface area contributed by atoms with Crippen molar-refractivity contribution in [3.05, 3.63) is 60.4 Å². The Kier molecular flexibility index (Phi) is 5.94. The molecule has 2 aromatic carbocycles. The van der Waals surface area contributed by atoms with Gasteiger partial charge in [0, 0.05) is 19.5 Å². The molecule has 9 nitrogen and oxygen atoms in total. The van der Waals surface area contributed by atoms with E-state index in [1.54, 1.807) is 30.3 Å². The van der Waals surface area contributed by atoms with Crippen LogP contribution in [0.2, 0.25) is 0 Å². The Morgan fingerprint density at radius 1 is 1.10 bits per heavy atom. The molecule has 1 fully saturated rings. The fourth-order valence-electron chi connectivity index (χ4n) is 3.72. The van der Waals surface area contributed by atoms with Gasteiger partial charge >= 0.3 is 6.03 Å². The lowest BCUT2D eigenvalue weighted by molar-refractivity contribution is -0.121. The van der Waals surface area contributed by atoms with Gasteiger partial charge in [0.15, 0.2) is 0 Å². The van der Waals surface area contributed by atoms with Crippen molar-refractivity contribution >= 4 is 34.6 Å². The molecule has 160 valence electrons. The van der Waals surface area contributed by atoms with Crippen LogP contribution in [0.3, 0.4) is 0 Å². The van der Waals surface area contributed by atoms with Crippen LogP contribution in [-0.2, 0) is 22.7 Å². The molecule has 31 heavy (non-hydrogen) atoms. The summed E-state index contributed by atoms with van der Waals surface area (Å²) >= 11 is 0. The normalized spacial score (nSPS) is 16.0. The maximum Gasteiger partial charge on any atom is 0.329 e. The Morgan fingerprint density at radius 3 is 2.61 bits per heavy atom. The number of hydrogen-bond donors (Lipinski definition) is 3. The summed E-state index contributed by atoms with van der Waals surface area (Å²) in [5.74, 6) is -0.0348. The van der Waals surface area contributed by atoms with Crippen LogP contribution < -0.4 is 15.5 Å². The second kappa shape index (κ2) is 8.97. The number of aliphatic hydroxyl groups excluding tert-OH is 1. The summed E-state index contributed by atoms with van der Waals surface area (Å²) in [7, 11) is 0. The van der Waals surface area contributed by atoms with Gasteiger partial charge in [0.05, 0.1) is 16.7 Å². The average molecular weight is 421 g/mol. The van der Waals surface area contributed by atoms with Gasteiger partial charge in [-0.25, -0.2) is 14.7 Å². The van der Waals surface area contributed by atoms with Crippen LogP contribution in [0.1, 0.15) is 18.7 Å². The molecule has 2 heterocycles. The number of amides is 4. The standard InChI is InChI=1S/C22H23N5O4/c28-14-19-24-16-8-4-5-9-18(16)26(19)13-12-23-20(29)11-10-17-21(30)27(22(31)25-17)15-6-2-1-3-7-15/h1-9,17,28H,10-14H2,(H,23,29)(H,25,31)/t17-/m0/s1. The number of nitrogens with zero attached hydrogens (tertiary/aromatic N) is 3.